The zero-order chi connectivity index (χ0) is 11.5. The van der Waals surface area contributed by atoms with Crippen molar-refractivity contribution in [3.63, 3.8) is 0 Å². The van der Waals surface area contributed by atoms with Gasteiger partial charge in [0.1, 0.15) is 0 Å². The lowest BCUT2D eigenvalue weighted by atomic mass is 10.1. The van der Waals surface area contributed by atoms with Gasteiger partial charge in [0.2, 0.25) is 5.91 Å². The summed E-state index contributed by atoms with van der Waals surface area (Å²) in [5.41, 5.74) is 12.8. The Morgan fingerprint density at radius 3 is 2.94 bits per heavy atom. The highest BCUT2D eigenvalue weighted by Crippen LogP contribution is 2.13. The number of likely N-dealkylation sites (tertiary alicyclic amines) is 1. The van der Waals surface area contributed by atoms with Crippen LogP contribution >= 0.6 is 0 Å². The molecule has 0 saturated carbocycles. The number of hydrogen-bond donors (Lipinski definition) is 2. The number of amides is 1. The molecule has 0 radical (unpaired) electrons. The van der Waals surface area contributed by atoms with Crippen LogP contribution in [-0.2, 0) is 6.54 Å². The van der Waals surface area contributed by atoms with E-state index >= 15 is 0 Å². The monoisotopic (exact) mass is 219 g/mol. The summed E-state index contributed by atoms with van der Waals surface area (Å²) in [4.78, 5) is 13.3. The fourth-order valence-corrected chi connectivity index (χ4v) is 2.09. The first-order valence-electron chi connectivity index (χ1n) is 5.52. The van der Waals surface area contributed by atoms with Gasteiger partial charge in [0.25, 0.3) is 0 Å². The van der Waals surface area contributed by atoms with Crippen molar-refractivity contribution in [1.82, 2.24) is 4.90 Å². The van der Waals surface area contributed by atoms with Crippen LogP contribution in [0.5, 0.6) is 0 Å². The van der Waals surface area contributed by atoms with Crippen LogP contribution < -0.4 is 11.5 Å². The van der Waals surface area contributed by atoms with Gasteiger partial charge in [-0.1, -0.05) is 12.1 Å². The summed E-state index contributed by atoms with van der Waals surface area (Å²) in [6.45, 7) is 2.80. The molecule has 1 aromatic carbocycles. The van der Waals surface area contributed by atoms with Crippen molar-refractivity contribution < 1.29 is 4.79 Å². The van der Waals surface area contributed by atoms with Gasteiger partial charge in [-0.25, -0.2) is 0 Å². The van der Waals surface area contributed by atoms with Gasteiger partial charge in [-0.05, 0) is 24.1 Å². The molecule has 1 saturated heterocycles. The van der Waals surface area contributed by atoms with Crippen LogP contribution in [0, 0.1) is 0 Å². The Bertz CT molecular complexity index is 392. The molecule has 2 rings (SSSR count). The lowest BCUT2D eigenvalue weighted by Gasteiger charge is -2.15. The SMILES string of the molecule is NC(=O)c1cccc(CN2CCC(N)C2)c1. The minimum atomic E-state index is -0.375. The maximum atomic E-state index is 11.0. The molecular weight excluding hydrogens is 202 g/mol. The van der Waals surface area contributed by atoms with E-state index in [-0.39, 0.29) is 5.91 Å². The predicted octanol–water partition coefficient (Wildman–Crippen LogP) is 0.319. The minimum absolute atomic E-state index is 0.291. The second kappa shape index (κ2) is 4.63. The van der Waals surface area contributed by atoms with E-state index in [2.05, 4.69) is 4.90 Å². The Balaban J connectivity index is 2.04. The van der Waals surface area contributed by atoms with Crippen molar-refractivity contribution in [3.05, 3.63) is 35.4 Å². The van der Waals surface area contributed by atoms with Crippen molar-refractivity contribution in [2.24, 2.45) is 11.5 Å². The molecule has 1 aliphatic heterocycles. The molecule has 86 valence electrons. The summed E-state index contributed by atoms with van der Waals surface area (Å²) in [6, 6.07) is 7.76. The van der Waals surface area contributed by atoms with Crippen LogP contribution in [0.2, 0.25) is 0 Å². The Morgan fingerprint density at radius 1 is 1.50 bits per heavy atom. The Morgan fingerprint density at radius 2 is 2.31 bits per heavy atom. The number of nitrogens with zero attached hydrogens (tertiary/aromatic N) is 1. The second-order valence-corrected chi connectivity index (χ2v) is 4.35. The number of primary amides is 1. The molecule has 1 aliphatic rings. The van der Waals surface area contributed by atoms with Gasteiger partial charge in [0.05, 0.1) is 0 Å². The molecule has 4 N–H and O–H groups in total. The van der Waals surface area contributed by atoms with Crippen molar-refractivity contribution in [2.75, 3.05) is 13.1 Å². The normalized spacial score (nSPS) is 21.2. The molecule has 0 aromatic heterocycles. The Kier molecular flexibility index (Phi) is 3.22. The smallest absolute Gasteiger partial charge is 0.248 e. The van der Waals surface area contributed by atoms with Crippen molar-refractivity contribution in [2.45, 2.75) is 19.0 Å². The van der Waals surface area contributed by atoms with E-state index < -0.39 is 0 Å². The van der Waals surface area contributed by atoms with Gasteiger partial charge in [0.15, 0.2) is 0 Å². The molecule has 4 nitrogen and oxygen atoms in total. The molecule has 1 atom stereocenters. The first kappa shape index (κ1) is 11.1. The maximum Gasteiger partial charge on any atom is 0.248 e. The molecular formula is C12H17N3O. The molecule has 4 heteroatoms. The van der Waals surface area contributed by atoms with E-state index in [1.54, 1.807) is 6.07 Å². The van der Waals surface area contributed by atoms with Crippen LogP contribution in [0.3, 0.4) is 0 Å². The van der Waals surface area contributed by atoms with Gasteiger partial charge < -0.3 is 11.5 Å². The number of rotatable bonds is 3. The minimum Gasteiger partial charge on any atom is -0.366 e. The average molecular weight is 219 g/mol. The quantitative estimate of drug-likeness (QED) is 0.769. The molecule has 1 amide bonds. The van der Waals surface area contributed by atoms with E-state index in [9.17, 15) is 4.79 Å². The highest BCUT2D eigenvalue weighted by atomic mass is 16.1. The van der Waals surface area contributed by atoms with E-state index in [0.717, 1.165) is 31.6 Å². The Labute approximate surface area is 95.2 Å². The van der Waals surface area contributed by atoms with Crippen molar-refractivity contribution in [3.8, 4) is 0 Å². The van der Waals surface area contributed by atoms with Gasteiger partial charge in [-0.15, -0.1) is 0 Å². The molecule has 0 spiro atoms. The first-order valence-corrected chi connectivity index (χ1v) is 5.52. The third-order valence-corrected chi connectivity index (χ3v) is 2.93. The highest BCUT2D eigenvalue weighted by molar-refractivity contribution is 5.92. The fraction of sp³-hybridized carbons (Fsp3) is 0.417. The number of hydrogen-bond acceptors (Lipinski definition) is 3. The van der Waals surface area contributed by atoms with E-state index in [4.69, 9.17) is 11.5 Å². The first-order chi connectivity index (χ1) is 7.65. The number of nitrogens with two attached hydrogens (primary N) is 2. The molecule has 1 heterocycles. The summed E-state index contributed by atoms with van der Waals surface area (Å²) >= 11 is 0. The lowest BCUT2D eigenvalue weighted by Crippen LogP contribution is -2.26. The third-order valence-electron chi connectivity index (χ3n) is 2.93. The molecule has 1 aromatic rings. The summed E-state index contributed by atoms with van der Waals surface area (Å²) in [5.74, 6) is -0.375. The maximum absolute atomic E-state index is 11.0. The molecule has 0 bridgehead atoms. The summed E-state index contributed by atoms with van der Waals surface area (Å²) in [7, 11) is 0. The fourth-order valence-electron chi connectivity index (χ4n) is 2.09. The largest absolute Gasteiger partial charge is 0.366 e. The zero-order valence-corrected chi connectivity index (χ0v) is 9.23. The summed E-state index contributed by atoms with van der Waals surface area (Å²) < 4.78 is 0. The van der Waals surface area contributed by atoms with Crippen molar-refractivity contribution >= 4 is 5.91 Å². The topological polar surface area (TPSA) is 72.4 Å². The number of benzene rings is 1. The van der Waals surface area contributed by atoms with Gasteiger partial charge >= 0.3 is 0 Å². The molecule has 1 fully saturated rings. The summed E-state index contributed by atoms with van der Waals surface area (Å²) in [6.07, 6.45) is 1.05. The van der Waals surface area contributed by atoms with E-state index in [1.807, 2.05) is 18.2 Å². The standard InChI is InChI=1S/C12H17N3O/c13-11-4-5-15(8-11)7-9-2-1-3-10(6-9)12(14)16/h1-3,6,11H,4-5,7-8,13H2,(H2,14,16). The molecule has 16 heavy (non-hydrogen) atoms. The van der Waals surface area contributed by atoms with E-state index in [0.29, 0.717) is 11.6 Å². The second-order valence-electron chi connectivity index (χ2n) is 4.35. The predicted molar refractivity (Wildman–Crippen MR) is 62.8 cm³/mol. The summed E-state index contributed by atoms with van der Waals surface area (Å²) in [5, 5.41) is 0. The molecule has 0 aliphatic carbocycles. The highest BCUT2D eigenvalue weighted by Gasteiger charge is 2.18. The van der Waals surface area contributed by atoms with E-state index in [1.165, 1.54) is 0 Å². The third kappa shape index (κ3) is 2.59. The van der Waals surface area contributed by atoms with Gasteiger partial charge in [-0.3, -0.25) is 9.69 Å². The zero-order valence-electron chi connectivity index (χ0n) is 9.23. The Hall–Kier alpha value is -1.39. The van der Waals surface area contributed by atoms with Crippen LogP contribution in [0.1, 0.15) is 22.3 Å². The van der Waals surface area contributed by atoms with Gasteiger partial charge in [0, 0.05) is 31.2 Å². The van der Waals surface area contributed by atoms with Crippen LogP contribution in [0.4, 0.5) is 0 Å². The van der Waals surface area contributed by atoms with Crippen LogP contribution in [-0.4, -0.2) is 29.9 Å². The van der Waals surface area contributed by atoms with Crippen LogP contribution in [0.25, 0.3) is 0 Å². The lowest BCUT2D eigenvalue weighted by molar-refractivity contribution is 0.1000. The van der Waals surface area contributed by atoms with Gasteiger partial charge in [-0.2, -0.15) is 0 Å². The molecule has 1 unspecified atom stereocenters. The van der Waals surface area contributed by atoms with Crippen LogP contribution in [0.15, 0.2) is 24.3 Å². The number of carbonyl (C=O) groups excluding carboxylic acids is 1. The average Bonchev–Trinajstić information content (AvgIpc) is 2.64. The van der Waals surface area contributed by atoms with Crippen molar-refractivity contribution in [1.29, 1.82) is 0 Å². The number of carbonyl (C=O) groups is 1.